The van der Waals surface area contributed by atoms with Crippen molar-refractivity contribution in [3.05, 3.63) is 51.6 Å². The molecule has 2 rings (SSSR count). The lowest BCUT2D eigenvalue weighted by Crippen LogP contribution is -2.36. The van der Waals surface area contributed by atoms with E-state index in [2.05, 4.69) is 48.7 Å². The van der Waals surface area contributed by atoms with Crippen LogP contribution in [0.25, 0.3) is 0 Å². The van der Waals surface area contributed by atoms with Crippen molar-refractivity contribution < 1.29 is 4.42 Å². The molecule has 0 atom stereocenters. The molecule has 23 heavy (non-hydrogen) atoms. The molecular formula is C16H22BrIN4O. The molecule has 0 unspecified atom stereocenters. The molecule has 0 bridgehead atoms. The summed E-state index contributed by atoms with van der Waals surface area (Å²) in [7, 11) is 0. The Morgan fingerprint density at radius 3 is 2.48 bits per heavy atom. The SMILES string of the molecule is CCNC(=NCc1ccc(Br)cc1)NCc1nc(C)c(C)o1.I. The first kappa shape index (κ1) is 20.0. The number of guanidine groups is 1. The van der Waals surface area contributed by atoms with Gasteiger partial charge in [0.1, 0.15) is 5.76 Å². The van der Waals surface area contributed by atoms with Crippen LogP contribution >= 0.6 is 39.9 Å². The Morgan fingerprint density at radius 1 is 1.22 bits per heavy atom. The van der Waals surface area contributed by atoms with Crippen molar-refractivity contribution >= 4 is 45.9 Å². The third-order valence-corrected chi connectivity index (χ3v) is 3.69. The number of benzene rings is 1. The van der Waals surface area contributed by atoms with Gasteiger partial charge in [0, 0.05) is 11.0 Å². The van der Waals surface area contributed by atoms with E-state index in [9.17, 15) is 0 Å². The van der Waals surface area contributed by atoms with Crippen molar-refractivity contribution in [2.75, 3.05) is 6.54 Å². The zero-order valence-electron chi connectivity index (χ0n) is 13.5. The molecule has 0 aliphatic rings. The highest BCUT2D eigenvalue weighted by Gasteiger charge is 2.06. The summed E-state index contributed by atoms with van der Waals surface area (Å²) in [4.78, 5) is 8.92. The lowest BCUT2D eigenvalue weighted by molar-refractivity contribution is 0.463. The molecule has 0 amide bonds. The Bertz CT molecular complexity index is 621. The Hall–Kier alpha value is -1.09. The lowest BCUT2D eigenvalue weighted by Gasteiger charge is -2.09. The summed E-state index contributed by atoms with van der Waals surface area (Å²) in [6.07, 6.45) is 0. The van der Waals surface area contributed by atoms with Gasteiger partial charge in [-0.3, -0.25) is 0 Å². The molecule has 0 spiro atoms. The van der Waals surface area contributed by atoms with Crippen LogP contribution in [-0.2, 0) is 13.1 Å². The summed E-state index contributed by atoms with van der Waals surface area (Å²) in [5.41, 5.74) is 2.08. The van der Waals surface area contributed by atoms with Crippen molar-refractivity contribution in [1.82, 2.24) is 15.6 Å². The molecule has 0 saturated heterocycles. The van der Waals surface area contributed by atoms with E-state index >= 15 is 0 Å². The second-order valence-corrected chi connectivity index (χ2v) is 5.84. The highest BCUT2D eigenvalue weighted by atomic mass is 127. The Kier molecular flexibility index (Phi) is 8.60. The number of nitrogens with one attached hydrogen (secondary N) is 2. The van der Waals surface area contributed by atoms with E-state index in [1.807, 2.05) is 32.9 Å². The van der Waals surface area contributed by atoms with Crippen LogP contribution in [0, 0.1) is 13.8 Å². The molecule has 1 aromatic carbocycles. The molecule has 0 fully saturated rings. The van der Waals surface area contributed by atoms with Gasteiger partial charge in [-0.05, 0) is 38.5 Å². The fourth-order valence-electron chi connectivity index (χ4n) is 1.88. The van der Waals surface area contributed by atoms with E-state index < -0.39 is 0 Å². The van der Waals surface area contributed by atoms with Crippen molar-refractivity contribution in [3.63, 3.8) is 0 Å². The van der Waals surface area contributed by atoms with Crippen LogP contribution in [0.5, 0.6) is 0 Å². The van der Waals surface area contributed by atoms with Gasteiger partial charge in [-0.25, -0.2) is 9.98 Å². The van der Waals surface area contributed by atoms with Crippen LogP contribution in [0.4, 0.5) is 0 Å². The molecule has 5 nitrogen and oxygen atoms in total. The zero-order valence-corrected chi connectivity index (χ0v) is 17.4. The Morgan fingerprint density at radius 2 is 1.91 bits per heavy atom. The fourth-order valence-corrected chi connectivity index (χ4v) is 2.14. The first-order valence-electron chi connectivity index (χ1n) is 7.28. The van der Waals surface area contributed by atoms with Crippen LogP contribution in [0.3, 0.4) is 0 Å². The number of rotatable bonds is 5. The maximum Gasteiger partial charge on any atom is 0.214 e. The van der Waals surface area contributed by atoms with Crippen molar-refractivity contribution in [2.24, 2.45) is 4.99 Å². The quantitative estimate of drug-likeness (QED) is 0.377. The molecule has 1 aromatic heterocycles. The molecule has 0 aliphatic heterocycles. The normalized spacial score (nSPS) is 11.0. The predicted octanol–water partition coefficient (Wildman–Crippen LogP) is 3.93. The van der Waals surface area contributed by atoms with E-state index in [0.717, 1.165) is 34.0 Å². The van der Waals surface area contributed by atoms with E-state index in [1.54, 1.807) is 0 Å². The molecule has 2 N–H and O–H groups in total. The monoisotopic (exact) mass is 492 g/mol. The molecule has 1 heterocycles. The molecule has 2 aromatic rings. The number of hydrogen-bond acceptors (Lipinski definition) is 3. The van der Waals surface area contributed by atoms with Gasteiger partial charge in [-0.15, -0.1) is 24.0 Å². The van der Waals surface area contributed by atoms with E-state index in [4.69, 9.17) is 4.42 Å². The van der Waals surface area contributed by atoms with Gasteiger partial charge < -0.3 is 15.1 Å². The Balaban J connectivity index is 0.00000264. The number of aryl methyl sites for hydroxylation is 2. The molecule has 7 heteroatoms. The summed E-state index contributed by atoms with van der Waals surface area (Å²) in [6.45, 7) is 7.83. The van der Waals surface area contributed by atoms with Crippen LogP contribution in [-0.4, -0.2) is 17.5 Å². The van der Waals surface area contributed by atoms with E-state index in [0.29, 0.717) is 19.0 Å². The van der Waals surface area contributed by atoms with Crippen LogP contribution in [0.1, 0.15) is 29.8 Å². The predicted molar refractivity (Wildman–Crippen MR) is 107 cm³/mol. The topological polar surface area (TPSA) is 62.5 Å². The number of hydrogen-bond donors (Lipinski definition) is 2. The second kappa shape index (κ2) is 9.92. The van der Waals surface area contributed by atoms with Crippen molar-refractivity contribution in [1.29, 1.82) is 0 Å². The van der Waals surface area contributed by atoms with Gasteiger partial charge >= 0.3 is 0 Å². The maximum atomic E-state index is 5.56. The standard InChI is InChI=1S/C16H21BrN4O.HI/c1-4-18-16(19-9-13-5-7-14(17)8-6-13)20-10-15-21-11(2)12(3)22-15;/h5-8H,4,9-10H2,1-3H3,(H2,18,19,20);1H. The molecule has 126 valence electrons. The average Bonchev–Trinajstić information content (AvgIpc) is 2.82. The molecule has 0 aliphatic carbocycles. The molecule has 0 radical (unpaired) electrons. The van der Waals surface area contributed by atoms with E-state index in [1.165, 1.54) is 0 Å². The summed E-state index contributed by atoms with van der Waals surface area (Å²) in [6, 6.07) is 8.14. The minimum atomic E-state index is 0. The van der Waals surface area contributed by atoms with Crippen LogP contribution in [0.2, 0.25) is 0 Å². The number of nitrogens with zero attached hydrogens (tertiary/aromatic N) is 2. The van der Waals surface area contributed by atoms with Gasteiger partial charge in [-0.1, -0.05) is 28.1 Å². The average molecular weight is 493 g/mol. The molecular weight excluding hydrogens is 471 g/mol. The van der Waals surface area contributed by atoms with Gasteiger partial charge in [0.2, 0.25) is 5.89 Å². The van der Waals surface area contributed by atoms with E-state index in [-0.39, 0.29) is 24.0 Å². The molecule has 0 saturated carbocycles. The van der Waals surface area contributed by atoms with Gasteiger partial charge in [-0.2, -0.15) is 0 Å². The Labute approximate surface area is 162 Å². The number of oxazole rings is 1. The zero-order chi connectivity index (χ0) is 15.9. The number of aliphatic imine (C=N–C) groups is 1. The van der Waals surface area contributed by atoms with Gasteiger partial charge in [0.05, 0.1) is 18.8 Å². The lowest BCUT2D eigenvalue weighted by atomic mass is 10.2. The van der Waals surface area contributed by atoms with Crippen molar-refractivity contribution in [2.45, 2.75) is 33.9 Å². The highest BCUT2D eigenvalue weighted by molar-refractivity contribution is 14.0. The summed E-state index contributed by atoms with van der Waals surface area (Å²) in [5, 5.41) is 6.45. The first-order chi connectivity index (χ1) is 10.6. The van der Waals surface area contributed by atoms with Crippen molar-refractivity contribution in [3.8, 4) is 0 Å². The number of aromatic nitrogens is 1. The largest absolute Gasteiger partial charge is 0.444 e. The minimum absolute atomic E-state index is 0. The fraction of sp³-hybridized carbons (Fsp3) is 0.375. The van der Waals surface area contributed by atoms with Gasteiger partial charge in [0.25, 0.3) is 0 Å². The summed E-state index contributed by atoms with van der Waals surface area (Å²) >= 11 is 3.43. The number of halogens is 2. The third kappa shape index (κ3) is 6.50. The summed E-state index contributed by atoms with van der Waals surface area (Å²) < 4.78 is 6.63. The summed E-state index contributed by atoms with van der Waals surface area (Å²) in [5.74, 6) is 2.27. The minimum Gasteiger partial charge on any atom is -0.444 e. The van der Waals surface area contributed by atoms with Gasteiger partial charge in [0.15, 0.2) is 5.96 Å². The van der Waals surface area contributed by atoms with Crippen LogP contribution < -0.4 is 10.6 Å². The third-order valence-electron chi connectivity index (χ3n) is 3.16. The van der Waals surface area contributed by atoms with Crippen LogP contribution in [0.15, 0.2) is 38.1 Å². The highest BCUT2D eigenvalue weighted by Crippen LogP contribution is 2.11. The maximum absolute atomic E-state index is 5.56. The first-order valence-corrected chi connectivity index (χ1v) is 8.07. The smallest absolute Gasteiger partial charge is 0.214 e. The second-order valence-electron chi connectivity index (χ2n) is 4.92.